The first-order chi connectivity index (χ1) is 8.15. The summed E-state index contributed by atoms with van der Waals surface area (Å²) in [6.45, 7) is 0.517. The van der Waals surface area contributed by atoms with Crippen LogP contribution in [0.1, 0.15) is 31.2 Å². The van der Waals surface area contributed by atoms with E-state index in [1.807, 2.05) is 0 Å². The molecule has 94 valence electrons. The van der Waals surface area contributed by atoms with E-state index in [9.17, 15) is 9.50 Å². The first kappa shape index (κ1) is 13.0. The standard InChI is InChI=1S/C13H17BrFNO/c14-10-4-5-13(15)9(6-10)8-16-11-2-1-3-12(17)7-11/h4-6,11-12,16-17H,1-3,7-8H2. The first-order valence-corrected chi connectivity index (χ1v) is 6.80. The van der Waals surface area contributed by atoms with Gasteiger partial charge in [0.05, 0.1) is 6.10 Å². The topological polar surface area (TPSA) is 32.3 Å². The van der Waals surface area contributed by atoms with Crippen LogP contribution in [0.2, 0.25) is 0 Å². The van der Waals surface area contributed by atoms with Crippen LogP contribution in [-0.2, 0) is 6.54 Å². The van der Waals surface area contributed by atoms with Crippen LogP contribution in [0.15, 0.2) is 22.7 Å². The number of hydrogen-bond acceptors (Lipinski definition) is 2. The lowest BCUT2D eigenvalue weighted by Gasteiger charge is -2.26. The first-order valence-electron chi connectivity index (χ1n) is 6.00. The molecule has 2 rings (SSSR count). The van der Waals surface area contributed by atoms with Crippen molar-refractivity contribution >= 4 is 15.9 Å². The van der Waals surface area contributed by atoms with Gasteiger partial charge >= 0.3 is 0 Å². The smallest absolute Gasteiger partial charge is 0.127 e. The molecule has 0 aromatic heterocycles. The van der Waals surface area contributed by atoms with E-state index in [0.29, 0.717) is 18.2 Å². The predicted molar refractivity (Wildman–Crippen MR) is 69.2 cm³/mol. The Hall–Kier alpha value is -0.450. The van der Waals surface area contributed by atoms with E-state index >= 15 is 0 Å². The monoisotopic (exact) mass is 301 g/mol. The largest absolute Gasteiger partial charge is 0.393 e. The van der Waals surface area contributed by atoms with E-state index in [4.69, 9.17) is 0 Å². The number of aliphatic hydroxyl groups is 1. The van der Waals surface area contributed by atoms with Gasteiger partial charge in [0, 0.05) is 22.6 Å². The summed E-state index contributed by atoms with van der Waals surface area (Å²) >= 11 is 3.34. The second kappa shape index (κ2) is 5.94. The minimum absolute atomic E-state index is 0.183. The fourth-order valence-electron chi connectivity index (χ4n) is 2.28. The van der Waals surface area contributed by atoms with Crippen molar-refractivity contribution in [2.75, 3.05) is 0 Å². The second-order valence-corrected chi connectivity index (χ2v) is 5.55. The highest BCUT2D eigenvalue weighted by Crippen LogP contribution is 2.20. The number of nitrogens with one attached hydrogen (secondary N) is 1. The molecule has 0 radical (unpaired) electrons. The van der Waals surface area contributed by atoms with Crippen LogP contribution in [0.3, 0.4) is 0 Å². The van der Waals surface area contributed by atoms with Crippen LogP contribution in [-0.4, -0.2) is 17.3 Å². The molecule has 1 aromatic rings. The average Bonchev–Trinajstić information content (AvgIpc) is 2.30. The minimum Gasteiger partial charge on any atom is -0.393 e. The van der Waals surface area contributed by atoms with E-state index < -0.39 is 0 Å². The van der Waals surface area contributed by atoms with Gasteiger partial charge in [-0.05, 0) is 43.9 Å². The van der Waals surface area contributed by atoms with E-state index in [1.54, 1.807) is 12.1 Å². The van der Waals surface area contributed by atoms with Gasteiger partial charge in [-0.3, -0.25) is 0 Å². The van der Waals surface area contributed by atoms with Crippen LogP contribution < -0.4 is 5.32 Å². The van der Waals surface area contributed by atoms with Gasteiger partial charge in [-0.1, -0.05) is 15.9 Å². The summed E-state index contributed by atoms with van der Waals surface area (Å²) in [5.74, 6) is -0.183. The molecule has 2 atom stereocenters. The second-order valence-electron chi connectivity index (χ2n) is 4.63. The summed E-state index contributed by atoms with van der Waals surface area (Å²) in [5, 5.41) is 12.9. The van der Waals surface area contributed by atoms with Crippen LogP contribution in [0, 0.1) is 5.82 Å². The SMILES string of the molecule is OC1CCCC(NCc2cc(Br)ccc2F)C1. The lowest BCUT2D eigenvalue weighted by atomic mass is 9.93. The van der Waals surface area contributed by atoms with Crippen LogP contribution >= 0.6 is 15.9 Å². The number of rotatable bonds is 3. The molecule has 1 aromatic carbocycles. The predicted octanol–water partition coefficient (Wildman–Crippen LogP) is 2.98. The highest BCUT2D eigenvalue weighted by molar-refractivity contribution is 9.10. The van der Waals surface area contributed by atoms with E-state index in [1.165, 1.54) is 6.07 Å². The van der Waals surface area contributed by atoms with E-state index in [-0.39, 0.29) is 11.9 Å². The van der Waals surface area contributed by atoms with Gasteiger partial charge in [-0.2, -0.15) is 0 Å². The molecular weight excluding hydrogens is 285 g/mol. The summed E-state index contributed by atoms with van der Waals surface area (Å²) < 4.78 is 14.4. The molecule has 0 amide bonds. The zero-order valence-corrected chi connectivity index (χ0v) is 11.2. The maximum absolute atomic E-state index is 13.5. The maximum atomic E-state index is 13.5. The van der Waals surface area contributed by atoms with Gasteiger partial charge < -0.3 is 10.4 Å². The molecule has 0 bridgehead atoms. The number of halogens is 2. The van der Waals surface area contributed by atoms with Gasteiger partial charge in [0.25, 0.3) is 0 Å². The average molecular weight is 302 g/mol. The number of aliphatic hydroxyl groups excluding tert-OH is 1. The Kier molecular flexibility index (Phi) is 4.54. The normalized spacial score (nSPS) is 24.9. The van der Waals surface area contributed by atoms with Crippen LogP contribution in [0.25, 0.3) is 0 Å². The Balaban J connectivity index is 1.90. The van der Waals surface area contributed by atoms with E-state index in [2.05, 4.69) is 21.2 Å². The molecule has 17 heavy (non-hydrogen) atoms. The van der Waals surface area contributed by atoms with Crippen molar-refractivity contribution in [2.45, 2.75) is 44.4 Å². The van der Waals surface area contributed by atoms with E-state index in [0.717, 1.165) is 30.2 Å². The zero-order chi connectivity index (χ0) is 12.3. The summed E-state index contributed by atoms with van der Waals surface area (Å²) in [5.41, 5.74) is 0.666. The summed E-state index contributed by atoms with van der Waals surface area (Å²) in [7, 11) is 0. The van der Waals surface area contributed by atoms with Gasteiger partial charge in [0.2, 0.25) is 0 Å². The highest BCUT2D eigenvalue weighted by Gasteiger charge is 2.19. The fraction of sp³-hybridized carbons (Fsp3) is 0.538. The molecule has 1 fully saturated rings. The summed E-state index contributed by atoms with van der Waals surface area (Å²) in [6.07, 6.45) is 3.57. The van der Waals surface area contributed by atoms with Gasteiger partial charge in [0.15, 0.2) is 0 Å². The maximum Gasteiger partial charge on any atom is 0.127 e. The molecule has 2 unspecified atom stereocenters. The van der Waals surface area contributed by atoms with Crippen molar-refractivity contribution in [1.29, 1.82) is 0 Å². The Bertz CT molecular complexity index is 386. The molecule has 0 saturated heterocycles. The van der Waals surface area contributed by atoms with Crippen molar-refractivity contribution < 1.29 is 9.50 Å². The van der Waals surface area contributed by atoms with Gasteiger partial charge in [-0.15, -0.1) is 0 Å². The Labute approximate surface area is 109 Å². The lowest BCUT2D eigenvalue weighted by Crippen LogP contribution is -2.35. The molecule has 2 nitrogen and oxygen atoms in total. The fourth-order valence-corrected chi connectivity index (χ4v) is 2.69. The molecule has 1 aliphatic rings. The van der Waals surface area contributed by atoms with Crippen molar-refractivity contribution in [3.63, 3.8) is 0 Å². The van der Waals surface area contributed by atoms with Crippen molar-refractivity contribution in [2.24, 2.45) is 0 Å². The van der Waals surface area contributed by atoms with Crippen molar-refractivity contribution in [3.05, 3.63) is 34.1 Å². The number of benzene rings is 1. The third-order valence-corrected chi connectivity index (χ3v) is 3.73. The molecule has 0 heterocycles. The molecule has 4 heteroatoms. The van der Waals surface area contributed by atoms with Crippen LogP contribution in [0.5, 0.6) is 0 Å². The summed E-state index contributed by atoms with van der Waals surface area (Å²) in [6, 6.07) is 5.26. The third-order valence-electron chi connectivity index (χ3n) is 3.24. The number of hydrogen-bond donors (Lipinski definition) is 2. The van der Waals surface area contributed by atoms with Crippen molar-refractivity contribution in [1.82, 2.24) is 5.32 Å². The Morgan fingerprint density at radius 3 is 3.00 bits per heavy atom. The molecule has 2 N–H and O–H groups in total. The molecule has 1 saturated carbocycles. The van der Waals surface area contributed by atoms with Gasteiger partial charge in [0.1, 0.15) is 5.82 Å². The van der Waals surface area contributed by atoms with Crippen molar-refractivity contribution in [3.8, 4) is 0 Å². The Morgan fingerprint density at radius 2 is 2.24 bits per heavy atom. The molecule has 0 aliphatic heterocycles. The minimum atomic E-state index is -0.200. The molecular formula is C13H17BrFNO. The quantitative estimate of drug-likeness (QED) is 0.899. The summed E-state index contributed by atoms with van der Waals surface area (Å²) in [4.78, 5) is 0. The zero-order valence-electron chi connectivity index (χ0n) is 9.63. The Morgan fingerprint density at radius 1 is 1.41 bits per heavy atom. The molecule has 1 aliphatic carbocycles. The molecule has 0 spiro atoms. The highest BCUT2D eigenvalue weighted by atomic mass is 79.9. The third kappa shape index (κ3) is 3.76. The lowest BCUT2D eigenvalue weighted by molar-refractivity contribution is 0.111. The van der Waals surface area contributed by atoms with Gasteiger partial charge in [-0.25, -0.2) is 4.39 Å². The van der Waals surface area contributed by atoms with Crippen LogP contribution in [0.4, 0.5) is 4.39 Å².